The van der Waals surface area contributed by atoms with Gasteiger partial charge in [-0.15, -0.1) is 0 Å². The standard InChI is InChI=1S/C23H29NO7S/c1-23(2,3)30-22(26)24-19(15-17-11-7-5-8-12-17)20(31-32(4,27)28)16-29-21(25)18-13-9-6-10-14-18/h5-14,19-20H,15-16H2,1-4H3,(H,24,26)/t19-,20-/m0/s1. The first-order valence-electron chi connectivity index (χ1n) is 10.1. The second-order valence-corrected chi connectivity index (χ2v) is 9.85. The number of carbonyl (C=O) groups excluding carboxylic acids is 2. The smallest absolute Gasteiger partial charge is 0.407 e. The molecule has 8 nitrogen and oxygen atoms in total. The summed E-state index contributed by atoms with van der Waals surface area (Å²) in [6.07, 6.45) is -0.796. The van der Waals surface area contributed by atoms with E-state index in [2.05, 4.69) is 5.32 Å². The van der Waals surface area contributed by atoms with Crippen LogP contribution in [0.1, 0.15) is 36.7 Å². The quantitative estimate of drug-likeness (QED) is 0.449. The average Bonchev–Trinajstić information content (AvgIpc) is 2.69. The van der Waals surface area contributed by atoms with Gasteiger partial charge in [-0.25, -0.2) is 9.59 Å². The lowest BCUT2D eigenvalue weighted by atomic mass is 10.0. The predicted octanol–water partition coefficient (Wildman–Crippen LogP) is 3.32. The fraction of sp³-hybridized carbons (Fsp3) is 0.391. The van der Waals surface area contributed by atoms with E-state index in [9.17, 15) is 18.0 Å². The third-order valence-electron chi connectivity index (χ3n) is 4.14. The van der Waals surface area contributed by atoms with Gasteiger partial charge in [-0.3, -0.25) is 4.18 Å². The molecule has 2 atom stereocenters. The first-order chi connectivity index (χ1) is 14.9. The second kappa shape index (κ2) is 11.1. The molecule has 0 aromatic heterocycles. The van der Waals surface area contributed by atoms with Crippen molar-refractivity contribution in [2.45, 2.75) is 44.9 Å². The molecule has 2 aromatic rings. The lowest BCUT2D eigenvalue weighted by Gasteiger charge is -2.28. The maximum absolute atomic E-state index is 12.4. The zero-order valence-corrected chi connectivity index (χ0v) is 19.4. The van der Waals surface area contributed by atoms with E-state index < -0.39 is 46.5 Å². The number of hydrogen-bond donors (Lipinski definition) is 1. The van der Waals surface area contributed by atoms with Crippen molar-refractivity contribution < 1.29 is 31.7 Å². The van der Waals surface area contributed by atoms with E-state index in [1.807, 2.05) is 30.3 Å². The van der Waals surface area contributed by atoms with E-state index in [0.717, 1.165) is 11.8 Å². The number of nitrogens with one attached hydrogen (secondary N) is 1. The number of esters is 1. The van der Waals surface area contributed by atoms with Crippen molar-refractivity contribution in [1.82, 2.24) is 5.32 Å². The minimum atomic E-state index is -3.93. The maximum Gasteiger partial charge on any atom is 0.407 e. The summed E-state index contributed by atoms with van der Waals surface area (Å²) >= 11 is 0. The van der Waals surface area contributed by atoms with Crippen molar-refractivity contribution in [2.24, 2.45) is 0 Å². The maximum atomic E-state index is 12.4. The summed E-state index contributed by atoms with van der Waals surface area (Å²) in [4.78, 5) is 24.8. The van der Waals surface area contributed by atoms with E-state index in [1.54, 1.807) is 51.1 Å². The largest absolute Gasteiger partial charge is 0.459 e. The van der Waals surface area contributed by atoms with Gasteiger partial charge in [0, 0.05) is 0 Å². The fourth-order valence-corrected chi connectivity index (χ4v) is 3.49. The Morgan fingerprint density at radius 1 is 0.969 bits per heavy atom. The summed E-state index contributed by atoms with van der Waals surface area (Å²) in [6, 6.07) is 16.6. The highest BCUT2D eigenvalue weighted by molar-refractivity contribution is 7.86. The van der Waals surface area contributed by atoms with E-state index in [-0.39, 0.29) is 6.42 Å². The van der Waals surface area contributed by atoms with Crippen LogP contribution in [0.25, 0.3) is 0 Å². The lowest BCUT2D eigenvalue weighted by Crippen LogP contribution is -2.50. The summed E-state index contributed by atoms with van der Waals surface area (Å²) in [7, 11) is -3.93. The number of hydrogen-bond acceptors (Lipinski definition) is 7. The molecule has 2 aromatic carbocycles. The van der Waals surface area contributed by atoms with Crippen LogP contribution in [0.15, 0.2) is 60.7 Å². The molecule has 0 radical (unpaired) electrons. The Bertz CT molecular complexity index is 986. The number of alkyl carbamates (subject to hydrolysis) is 1. The summed E-state index contributed by atoms with van der Waals surface area (Å²) < 4.78 is 39.7. The molecule has 0 bridgehead atoms. The van der Waals surface area contributed by atoms with Crippen molar-refractivity contribution in [3.63, 3.8) is 0 Å². The Morgan fingerprint density at radius 3 is 2.06 bits per heavy atom. The third kappa shape index (κ3) is 9.49. The first-order valence-corrected chi connectivity index (χ1v) is 11.9. The summed E-state index contributed by atoms with van der Waals surface area (Å²) in [6.45, 7) is 4.74. The van der Waals surface area contributed by atoms with Gasteiger partial charge in [0.25, 0.3) is 10.1 Å². The van der Waals surface area contributed by atoms with Crippen molar-refractivity contribution in [2.75, 3.05) is 12.9 Å². The molecule has 0 aliphatic carbocycles. The van der Waals surface area contributed by atoms with Crippen molar-refractivity contribution in [3.8, 4) is 0 Å². The van der Waals surface area contributed by atoms with Gasteiger partial charge in [0.05, 0.1) is 17.9 Å². The Hall–Kier alpha value is -2.91. The molecule has 1 amide bonds. The van der Waals surface area contributed by atoms with Gasteiger partial charge in [-0.2, -0.15) is 8.42 Å². The molecule has 0 spiro atoms. The van der Waals surface area contributed by atoms with Gasteiger partial charge < -0.3 is 14.8 Å². The summed E-state index contributed by atoms with van der Waals surface area (Å²) in [5.74, 6) is -0.636. The highest BCUT2D eigenvalue weighted by Gasteiger charge is 2.31. The van der Waals surface area contributed by atoms with Crippen molar-refractivity contribution in [3.05, 3.63) is 71.8 Å². The van der Waals surface area contributed by atoms with Crippen LogP contribution < -0.4 is 5.32 Å². The summed E-state index contributed by atoms with van der Waals surface area (Å²) in [5, 5.41) is 2.67. The number of carbonyl (C=O) groups is 2. The minimum absolute atomic E-state index is 0.225. The van der Waals surface area contributed by atoms with Crippen LogP contribution in [0.3, 0.4) is 0 Å². The Balaban J connectivity index is 2.25. The number of ether oxygens (including phenoxy) is 2. The molecule has 2 rings (SSSR count). The lowest BCUT2D eigenvalue weighted by molar-refractivity contribution is 0.0197. The average molecular weight is 464 g/mol. The van der Waals surface area contributed by atoms with E-state index in [0.29, 0.717) is 5.56 Å². The molecule has 174 valence electrons. The monoisotopic (exact) mass is 463 g/mol. The third-order valence-corrected chi connectivity index (χ3v) is 4.73. The Labute approximate surface area is 189 Å². The van der Waals surface area contributed by atoms with Gasteiger partial charge in [0.2, 0.25) is 0 Å². The highest BCUT2D eigenvalue weighted by atomic mass is 32.2. The van der Waals surface area contributed by atoms with Gasteiger partial charge in [0.15, 0.2) is 0 Å². The molecule has 0 fully saturated rings. The van der Waals surface area contributed by atoms with Gasteiger partial charge in [-0.1, -0.05) is 48.5 Å². The van der Waals surface area contributed by atoms with Crippen LogP contribution in [0.5, 0.6) is 0 Å². The fourth-order valence-electron chi connectivity index (χ4n) is 2.85. The molecule has 0 saturated carbocycles. The number of benzene rings is 2. The van der Waals surface area contributed by atoms with Crippen LogP contribution in [0.2, 0.25) is 0 Å². The topological polar surface area (TPSA) is 108 Å². The molecule has 9 heteroatoms. The van der Waals surface area contributed by atoms with Crippen molar-refractivity contribution >= 4 is 22.2 Å². The van der Waals surface area contributed by atoms with E-state index in [1.165, 1.54) is 0 Å². The Morgan fingerprint density at radius 2 is 1.53 bits per heavy atom. The molecule has 32 heavy (non-hydrogen) atoms. The molecule has 0 heterocycles. The van der Waals surface area contributed by atoms with Crippen molar-refractivity contribution in [1.29, 1.82) is 0 Å². The number of amides is 1. The minimum Gasteiger partial charge on any atom is -0.459 e. The second-order valence-electron chi connectivity index (χ2n) is 8.25. The predicted molar refractivity (Wildman–Crippen MR) is 120 cm³/mol. The normalized spacial score (nSPS) is 13.6. The SMILES string of the molecule is CC(C)(C)OC(=O)N[C@@H](Cc1ccccc1)[C@H](COC(=O)c1ccccc1)OS(C)(=O)=O. The van der Waals surface area contributed by atoms with Crippen LogP contribution in [-0.2, 0) is 30.2 Å². The molecular formula is C23H29NO7S. The van der Waals surface area contributed by atoms with Gasteiger partial charge in [-0.05, 0) is 44.9 Å². The van der Waals surface area contributed by atoms with Crippen LogP contribution in [-0.4, -0.2) is 51.1 Å². The van der Waals surface area contributed by atoms with Crippen LogP contribution in [0, 0.1) is 0 Å². The van der Waals surface area contributed by atoms with Gasteiger partial charge in [0.1, 0.15) is 18.3 Å². The molecule has 0 unspecified atom stereocenters. The molecule has 0 aliphatic rings. The molecule has 0 aliphatic heterocycles. The van der Waals surface area contributed by atoms with E-state index in [4.69, 9.17) is 13.7 Å². The number of rotatable bonds is 9. The Kier molecular flexibility index (Phi) is 8.80. The first kappa shape index (κ1) is 25.4. The molecule has 0 saturated heterocycles. The van der Waals surface area contributed by atoms with E-state index >= 15 is 0 Å². The van der Waals surface area contributed by atoms with Gasteiger partial charge >= 0.3 is 12.1 Å². The van der Waals surface area contributed by atoms with Crippen LogP contribution in [0.4, 0.5) is 4.79 Å². The zero-order valence-electron chi connectivity index (χ0n) is 18.6. The highest BCUT2D eigenvalue weighted by Crippen LogP contribution is 2.15. The zero-order chi connectivity index (χ0) is 23.8. The van der Waals surface area contributed by atoms with Crippen LogP contribution >= 0.6 is 0 Å². The molecular weight excluding hydrogens is 434 g/mol. The summed E-state index contributed by atoms with van der Waals surface area (Å²) in [5.41, 5.74) is 0.379. The molecule has 1 N–H and O–H groups in total.